The van der Waals surface area contributed by atoms with Gasteiger partial charge in [0.05, 0.1) is 0 Å². The van der Waals surface area contributed by atoms with Crippen LogP contribution in [0.5, 0.6) is 0 Å². The molecule has 0 heterocycles. The van der Waals surface area contributed by atoms with Crippen LogP contribution in [0.3, 0.4) is 0 Å². The molecule has 3 heteroatoms. The first-order valence-electron chi connectivity index (χ1n) is 11.3. The second kappa shape index (κ2) is 19.7. The monoisotopic (exact) mass is 395 g/mol. The van der Waals surface area contributed by atoms with Gasteiger partial charge in [0.25, 0.3) is 0 Å². The van der Waals surface area contributed by atoms with Gasteiger partial charge in [0.2, 0.25) is 5.91 Å². The molecule has 0 aliphatic rings. The van der Waals surface area contributed by atoms with Crippen LogP contribution in [0.2, 0.25) is 0 Å². The van der Waals surface area contributed by atoms with E-state index >= 15 is 0 Å². The third-order valence-electron chi connectivity index (χ3n) is 5.26. The van der Waals surface area contributed by atoms with Crippen molar-refractivity contribution >= 4 is 11.6 Å². The van der Waals surface area contributed by atoms with Crippen LogP contribution in [-0.4, -0.2) is 5.91 Å². The SMILES string of the molecule is C=CC(=O)Nc1ccccc1CCCCCCCCCCCCCCCC.[H-].[Na+]. The van der Waals surface area contributed by atoms with E-state index in [0.29, 0.717) is 0 Å². The van der Waals surface area contributed by atoms with Crippen molar-refractivity contribution in [2.45, 2.75) is 103 Å². The number of hydrogen-bond donors (Lipinski definition) is 1. The molecule has 1 aromatic carbocycles. The summed E-state index contributed by atoms with van der Waals surface area (Å²) >= 11 is 0. The summed E-state index contributed by atoms with van der Waals surface area (Å²) in [5.41, 5.74) is 2.16. The first-order valence-corrected chi connectivity index (χ1v) is 11.3. The summed E-state index contributed by atoms with van der Waals surface area (Å²) in [5, 5.41) is 2.90. The third-order valence-corrected chi connectivity index (χ3v) is 5.26. The van der Waals surface area contributed by atoms with Crippen molar-refractivity contribution in [2.75, 3.05) is 5.32 Å². The number of amides is 1. The molecular formula is C25H42NNaO. The fourth-order valence-corrected chi connectivity index (χ4v) is 3.55. The van der Waals surface area contributed by atoms with Crippen LogP contribution in [-0.2, 0) is 11.2 Å². The van der Waals surface area contributed by atoms with Crippen LogP contribution in [0.4, 0.5) is 5.69 Å². The maximum absolute atomic E-state index is 11.5. The molecule has 1 rings (SSSR count). The zero-order chi connectivity index (χ0) is 19.6. The molecule has 0 aliphatic carbocycles. The Bertz CT molecular complexity index is 521. The van der Waals surface area contributed by atoms with Crippen molar-refractivity contribution in [3.8, 4) is 0 Å². The van der Waals surface area contributed by atoms with Gasteiger partial charge in [-0.3, -0.25) is 4.79 Å². The van der Waals surface area contributed by atoms with Crippen LogP contribution in [0.15, 0.2) is 36.9 Å². The Morgan fingerprint density at radius 2 is 1.32 bits per heavy atom. The summed E-state index contributed by atoms with van der Waals surface area (Å²) in [6.45, 7) is 5.80. The molecule has 0 spiro atoms. The summed E-state index contributed by atoms with van der Waals surface area (Å²) in [6, 6.07) is 8.09. The number of hydrogen-bond acceptors (Lipinski definition) is 1. The third kappa shape index (κ3) is 14.4. The van der Waals surface area contributed by atoms with Gasteiger partial charge >= 0.3 is 29.6 Å². The van der Waals surface area contributed by atoms with E-state index in [2.05, 4.69) is 24.9 Å². The Hall–Kier alpha value is -0.570. The maximum Gasteiger partial charge on any atom is 1.00 e. The zero-order valence-electron chi connectivity index (χ0n) is 19.6. The predicted octanol–water partition coefficient (Wildman–Crippen LogP) is 4.95. The number of para-hydroxylation sites is 1. The van der Waals surface area contributed by atoms with Gasteiger partial charge in [-0.25, -0.2) is 0 Å². The van der Waals surface area contributed by atoms with E-state index in [9.17, 15) is 4.79 Å². The molecule has 1 amide bonds. The standard InChI is InChI=1S/C25H41NO.Na.H/c1-3-5-6-7-8-9-10-11-12-13-14-15-16-17-20-23-21-18-19-22-24(23)26-25(27)4-2;;/h4,18-19,21-22H,2-3,5-17,20H2,1H3,(H,26,27);;/q;+1;-1. The molecule has 0 radical (unpaired) electrons. The van der Waals surface area contributed by atoms with Gasteiger partial charge < -0.3 is 6.74 Å². The molecule has 0 aliphatic heterocycles. The summed E-state index contributed by atoms with van der Waals surface area (Å²) in [5.74, 6) is -0.136. The van der Waals surface area contributed by atoms with Crippen LogP contribution in [0.1, 0.15) is 104 Å². The Morgan fingerprint density at radius 1 is 0.857 bits per heavy atom. The number of carbonyl (C=O) groups excluding carboxylic acids is 1. The Balaban J connectivity index is 0. The van der Waals surface area contributed by atoms with Gasteiger partial charge in [0.15, 0.2) is 0 Å². The van der Waals surface area contributed by atoms with Crippen molar-refractivity contribution < 1.29 is 35.8 Å². The Labute approximate surface area is 197 Å². The van der Waals surface area contributed by atoms with Crippen molar-refractivity contribution in [3.05, 3.63) is 42.5 Å². The van der Waals surface area contributed by atoms with E-state index in [0.717, 1.165) is 12.1 Å². The normalized spacial score (nSPS) is 10.3. The second-order valence-corrected chi connectivity index (χ2v) is 7.70. The molecule has 0 saturated carbocycles. The summed E-state index contributed by atoms with van der Waals surface area (Å²) in [7, 11) is 0. The minimum atomic E-state index is -0.136. The average Bonchev–Trinajstić information content (AvgIpc) is 2.69. The quantitative estimate of drug-likeness (QED) is 0.226. The van der Waals surface area contributed by atoms with Crippen molar-refractivity contribution in [1.29, 1.82) is 0 Å². The number of nitrogens with one attached hydrogen (secondary N) is 1. The molecule has 0 unspecified atom stereocenters. The number of carbonyl (C=O) groups is 1. The first-order chi connectivity index (χ1) is 13.3. The van der Waals surface area contributed by atoms with Gasteiger partial charge in [-0.1, -0.05) is 115 Å². The zero-order valence-corrected chi connectivity index (χ0v) is 20.6. The van der Waals surface area contributed by atoms with Crippen molar-refractivity contribution in [3.63, 3.8) is 0 Å². The van der Waals surface area contributed by atoms with E-state index in [4.69, 9.17) is 0 Å². The van der Waals surface area contributed by atoms with E-state index in [1.807, 2.05) is 18.2 Å². The molecule has 0 atom stereocenters. The molecule has 0 aromatic heterocycles. The molecule has 0 fully saturated rings. The second-order valence-electron chi connectivity index (χ2n) is 7.70. The molecule has 2 nitrogen and oxygen atoms in total. The van der Waals surface area contributed by atoms with Gasteiger partial charge in [-0.05, 0) is 30.5 Å². The number of anilines is 1. The minimum Gasteiger partial charge on any atom is -1.00 e. The summed E-state index contributed by atoms with van der Waals surface area (Å²) in [4.78, 5) is 11.5. The Kier molecular flexibility index (Phi) is 19.3. The van der Waals surface area contributed by atoms with Gasteiger partial charge in [0.1, 0.15) is 0 Å². The molecule has 0 saturated heterocycles. The van der Waals surface area contributed by atoms with Crippen LogP contribution >= 0.6 is 0 Å². The van der Waals surface area contributed by atoms with E-state index < -0.39 is 0 Å². The molecule has 1 aromatic rings. The van der Waals surface area contributed by atoms with Crippen molar-refractivity contribution in [2.24, 2.45) is 0 Å². The van der Waals surface area contributed by atoms with Crippen LogP contribution in [0, 0.1) is 0 Å². The molecule has 154 valence electrons. The van der Waals surface area contributed by atoms with E-state index in [-0.39, 0.29) is 36.9 Å². The number of benzene rings is 1. The molecular weight excluding hydrogens is 353 g/mol. The van der Waals surface area contributed by atoms with Crippen LogP contribution in [0.25, 0.3) is 0 Å². The smallest absolute Gasteiger partial charge is 1.00 e. The number of unbranched alkanes of at least 4 members (excludes halogenated alkanes) is 13. The molecule has 1 N–H and O–H groups in total. The van der Waals surface area contributed by atoms with E-state index in [1.165, 1.54) is 102 Å². The van der Waals surface area contributed by atoms with Gasteiger partial charge in [0, 0.05) is 5.69 Å². The fourth-order valence-electron chi connectivity index (χ4n) is 3.55. The largest absolute Gasteiger partial charge is 1.00 e. The maximum atomic E-state index is 11.5. The van der Waals surface area contributed by atoms with Gasteiger partial charge in [-0.2, -0.15) is 0 Å². The molecule has 28 heavy (non-hydrogen) atoms. The Morgan fingerprint density at radius 3 is 1.82 bits per heavy atom. The fraction of sp³-hybridized carbons (Fsp3) is 0.640. The van der Waals surface area contributed by atoms with Crippen molar-refractivity contribution in [1.82, 2.24) is 0 Å². The molecule has 0 bridgehead atoms. The number of aryl methyl sites for hydroxylation is 1. The van der Waals surface area contributed by atoms with Gasteiger partial charge in [-0.15, -0.1) is 0 Å². The van der Waals surface area contributed by atoms with Crippen LogP contribution < -0.4 is 34.9 Å². The average molecular weight is 396 g/mol. The number of rotatable bonds is 17. The summed E-state index contributed by atoms with van der Waals surface area (Å²) < 4.78 is 0. The predicted molar refractivity (Wildman–Crippen MR) is 120 cm³/mol. The van der Waals surface area contributed by atoms with E-state index in [1.54, 1.807) is 0 Å². The topological polar surface area (TPSA) is 29.1 Å². The minimum absolute atomic E-state index is 0. The first kappa shape index (κ1) is 27.4. The summed E-state index contributed by atoms with van der Waals surface area (Å²) in [6.07, 6.45) is 21.7.